The molecule has 100 valence electrons. The third-order valence-electron chi connectivity index (χ3n) is 4.41. The Kier molecular flexibility index (Phi) is 4.41. The summed E-state index contributed by atoms with van der Waals surface area (Å²) in [5, 5.41) is 0. The van der Waals surface area contributed by atoms with E-state index in [0.717, 1.165) is 32.5 Å². The number of hydrogen-bond donors (Lipinski definition) is 0. The number of nitrogens with zero attached hydrogens (tertiary/aromatic N) is 1. The monoisotopic (exact) mass is 247 g/mol. The Labute approximate surface area is 111 Å². The molecule has 1 saturated heterocycles. The summed E-state index contributed by atoms with van der Waals surface area (Å²) in [6.45, 7) is 7.90. The normalized spacial score (nSPS) is 20.2. The predicted octanol–water partition coefficient (Wildman–Crippen LogP) is 3.32. The van der Waals surface area contributed by atoms with Gasteiger partial charge in [-0.2, -0.15) is 0 Å². The Hall–Kier alpha value is -0.860. The van der Waals surface area contributed by atoms with Crippen molar-refractivity contribution in [2.45, 2.75) is 38.8 Å². The lowest BCUT2D eigenvalue weighted by molar-refractivity contribution is -0.0896. The van der Waals surface area contributed by atoms with Crippen LogP contribution in [0.2, 0.25) is 0 Å². The smallest absolute Gasteiger partial charge is 0.0725 e. The lowest BCUT2D eigenvalue weighted by Crippen LogP contribution is -2.48. The Morgan fingerprint density at radius 3 is 2.28 bits per heavy atom. The van der Waals surface area contributed by atoms with E-state index < -0.39 is 0 Å². The highest BCUT2D eigenvalue weighted by Gasteiger charge is 2.37. The molecule has 18 heavy (non-hydrogen) atoms. The summed E-state index contributed by atoms with van der Waals surface area (Å²) in [5.74, 6) is 0.598. The quantitative estimate of drug-likeness (QED) is 0.809. The molecular weight excluding hydrogens is 222 g/mol. The topological polar surface area (TPSA) is 12.5 Å². The van der Waals surface area contributed by atoms with Crippen LogP contribution >= 0.6 is 0 Å². The van der Waals surface area contributed by atoms with Gasteiger partial charge in [-0.05, 0) is 24.3 Å². The molecule has 2 rings (SSSR count). The Morgan fingerprint density at radius 1 is 1.17 bits per heavy atom. The molecule has 0 saturated carbocycles. The van der Waals surface area contributed by atoms with E-state index in [1.807, 2.05) is 7.11 Å². The van der Waals surface area contributed by atoms with Crippen LogP contribution < -0.4 is 0 Å². The van der Waals surface area contributed by atoms with E-state index in [0.29, 0.717) is 5.92 Å². The maximum absolute atomic E-state index is 5.81. The van der Waals surface area contributed by atoms with Crippen molar-refractivity contribution in [3.63, 3.8) is 0 Å². The van der Waals surface area contributed by atoms with Crippen molar-refractivity contribution in [2.24, 2.45) is 5.92 Å². The summed E-state index contributed by atoms with van der Waals surface area (Å²) in [6.07, 6.45) is 2.29. The third-order valence-corrected chi connectivity index (χ3v) is 4.41. The van der Waals surface area contributed by atoms with Gasteiger partial charge in [-0.15, -0.1) is 0 Å². The molecule has 0 aliphatic carbocycles. The molecule has 2 heteroatoms. The Morgan fingerprint density at radius 2 is 1.78 bits per heavy atom. The number of methoxy groups -OCH3 is 1. The average Bonchev–Trinajstić information content (AvgIpc) is 2.41. The zero-order valence-corrected chi connectivity index (χ0v) is 11.9. The number of hydrogen-bond acceptors (Lipinski definition) is 2. The number of likely N-dealkylation sites (tertiary alicyclic amines) is 1. The van der Waals surface area contributed by atoms with Gasteiger partial charge in [-0.25, -0.2) is 0 Å². The lowest BCUT2D eigenvalue weighted by Gasteiger charge is -2.43. The van der Waals surface area contributed by atoms with Crippen LogP contribution in [0, 0.1) is 5.92 Å². The first-order valence-corrected chi connectivity index (χ1v) is 6.98. The first kappa shape index (κ1) is 13.6. The first-order valence-electron chi connectivity index (χ1n) is 6.98. The molecule has 1 aliphatic rings. The second-order valence-corrected chi connectivity index (χ2v) is 5.69. The maximum Gasteiger partial charge on any atom is 0.0725 e. The maximum atomic E-state index is 5.81. The summed E-state index contributed by atoms with van der Waals surface area (Å²) in [6, 6.07) is 10.7. The van der Waals surface area contributed by atoms with Gasteiger partial charge in [0, 0.05) is 26.7 Å². The summed E-state index contributed by atoms with van der Waals surface area (Å²) in [4.78, 5) is 2.54. The van der Waals surface area contributed by atoms with E-state index in [-0.39, 0.29) is 5.60 Å². The molecule has 0 atom stereocenters. The van der Waals surface area contributed by atoms with E-state index >= 15 is 0 Å². The molecule has 0 unspecified atom stereocenters. The molecule has 0 spiro atoms. The van der Waals surface area contributed by atoms with Crippen LogP contribution in [0.25, 0.3) is 0 Å². The van der Waals surface area contributed by atoms with Gasteiger partial charge in [0.25, 0.3) is 0 Å². The van der Waals surface area contributed by atoms with Crippen LogP contribution in [0.3, 0.4) is 0 Å². The van der Waals surface area contributed by atoms with E-state index in [2.05, 4.69) is 49.1 Å². The first-order chi connectivity index (χ1) is 8.66. The molecule has 0 N–H and O–H groups in total. The molecule has 1 aromatic carbocycles. The number of benzene rings is 1. The van der Waals surface area contributed by atoms with Crippen molar-refractivity contribution < 1.29 is 4.74 Å². The highest BCUT2D eigenvalue weighted by Crippen LogP contribution is 2.33. The van der Waals surface area contributed by atoms with Crippen LogP contribution in [0.15, 0.2) is 30.3 Å². The Bertz CT molecular complexity index is 353. The molecule has 1 aliphatic heterocycles. The van der Waals surface area contributed by atoms with E-state index in [9.17, 15) is 0 Å². The van der Waals surface area contributed by atoms with Crippen LogP contribution in [0.5, 0.6) is 0 Å². The molecule has 2 nitrogen and oxygen atoms in total. The molecule has 0 radical (unpaired) electrons. The highest BCUT2D eigenvalue weighted by molar-refractivity contribution is 5.14. The van der Waals surface area contributed by atoms with Gasteiger partial charge in [-0.1, -0.05) is 44.2 Å². The standard InChI is InChI=1S/C16H25NO/c1-14(2)16(18-3)9-11-17(12-10-16)13-15-7-5-4-6-8-15/h4-8,14H,9-13H2,1-3H3. The number of rotatable bonds is 4. The van der Waals surface area contributed by atoms with Crippen LogP contribution in [-0.4, -0.2) is 30.7 Å². The van der Waals surface area contributed by atoms with Crippen LogP contribution in [0.4, 0.5) is 0 Å². The fraction of sp³-hybridized carbons (Fsp3) is 0.625. The summed E-state index contributed by atoms with van der Waals surface area (Å²) < 4.78 is 5.81. The minimum Gasteiger partial charge on any atom is -0.378 e. The minimum absolute atomic E-state index is 0.104. The van der Waals surface area contributed by atoms with Crippen molar-refractivity contribution in [3.8, 4) is 0 Å². The van der Waals surface area contributed by atoms with Crippen molar-refractivity contribution in [1.29, 1.82) is 0 Å². The number of ether oxygens (including phenoxy) is 1. The zero-order valence-electron chi connectivity index (χ0n) is 11.9. The van der Waals surface area contributed by atoms with Gasteiger partial charge in [0.2, 0.25) is 0 Å². The molecular formula is C16H25NO. The van der Waals surface area contributed by atoms with Gasteiger partial charge in [-0.3, -0.25) is 4.90 Å². The fourth-order valence-electron chi connectivity index (χ4n) is 2.95. The number of piperidine rings is 1. The average molecular weight is 247 g/mol. The zero-order chi connectivity index (χ0) is 13.0. The van der Waals surface area contributed by atoms with Crippen LogP contribution in [-0.2, 0) is 11.3 Å². The molecule has 1 heterocycles. The second kappa shape index (κ2) is 5.85. The molecule has 1 aromatic rings. The van der Waals surface area contributed by atoms with E-state index in [4.69, 9.17) is 4.74 Å². The van der Waals surface area contributed by atoms with E-state index in [1.54, 1.807) is 0 Å². The van der Waals surface area contributed by atoms with Crippen molar-refractivity contribution in [2.75, 3.05) is 20.2 Å². The largest absolute Gasteiger partial charge is 0.378 e. The summed E-state index contributed by atoms with van der Waals surface area (Å²) in [7, 11) is 1.87. The third kappa shape index (κ3) is 2.93. The molecule has 0 amide bonds. The second-order valence-electron chi connectivity index (χ2n) is 5.69. The van der Waals surface area contributed by atoms with Gasteiger partial charge in [0.1, 0.15) is 0 Å². The SMILES string of the molecule is COC1(C(C)C)CCN(Cc2ccccc2)CC1. The summed E-state index contributed by atoms with van der Waals surface area (Å²) in [5.41, 5.74) is 1.51. The van der Waals surface area contributed by atoms with Crippen molar-refractivity contribution in [3.05, 3.63) is 35.9 Å². The fourth-order valence-corrected chi connectivity index (χ4v) is 2.95. The minimum atomic E-state index is 0.104. The van der Waals surface area contributed by atoms with Gasteiger partial charge < -0.3 is 4.74 Å². The predicted molar refractivity (Wildman–Crippen MR) is 75.5 cm³/mol. The molecule has 0 bridgehead atoms. The van der Waals surface area contributed by atoms with Crippen molar-refractivity contribution >= 4 is 0 Å². The molecule has 0 aromatic heterocycles. The lowest BCUT2D eigenvalue weighted by atomic mass is 9.81. The van der Waals surface area contributed by atoms with Gasteiger partial charge in [0.05, 0.1) is 5.60 Å². The summed E-state index contributed by atoms with van der Waals surface area (Å²) >= 11 is 0. The Balaban J connectivity index is 1.91. The van der Waals surface area contributed by atoms with Crippen LogP contribution in [0.1, 0.15) is 32.3 Å². The highest BCUT2D eigenvalue weighted by atomic mass is 16.5. The van der Waals surface area contributed by atoms with Gasteiger partial charge in [0.15, 0.2) is 0 Å². The van der Waals surface area contributed by atoms with Gasteiger partial charge >= 0.3 is 0 Å². The van der Waals surface area contributed by atoms with E-state index in [1.165, 1.54) is 5.56 Å². The van der Waals surface area contributed by atoms with Crippen molar-refractivity contribution in [1.82, 2.24) is 4.90 Å². The molecule has 1 fully saturated rings.